The summed E-state index contributed by atoms with van der Waals surface area (Å²) in [4.78, 5) is 0. The molecule has 0 aliphatic carbocycles. The zero-order chi connectivity index (χ0) is 57.5. The van der Waals surface area contributed by atoms with Crippen LogP contribution in [0.5, 0.6) is 0 Å². The molecule has 0 heteroatoms. The lowest BCUT2D eigenvalue weighted by Gasteiger charge is -2.17. The molecule has 481 valence electrons. The van der Waals surface area contributed by atoms with Crippen molar-refractivity contribution < 1.29 is 0 Å². The molecule has 2 unspecified atom stereocenters. The van der Waals surface area contributed by atoms with Crippen molar-refractivity contribution in [3.63, 3.8) is 0 Å². The van der Waals surface area contributed by atoms with E-state index >= 15 is 0 Å². The normalized spacial score (nSPS) is 12.6. The Labute approximate surface area is 512 Å². The van der Waals surface area contributed by atoms with E-state index < -0.39 is 0 Å². The van der Waals surface area contributed by atoms with E-state index in [-0.39, 0.29) is 0 Å². The summed E-state index contributed by atoms with van der Waals surface area (Å²) < 4.78 is 0. The van der Waals surface area contributed by atoms with Gasteiger partial charge in [0.1, 0.15) is 0 Å². The van der Waals surface area contributed by atoms with Gasteiger partial charge in [-0.05, 0) is 24.7 Å². The Morgan fingerprint density at radius 1 is 0.163 bits per heavy atom. The minimum Gasteiger partial charge on any atom is -0.0654 e. The minimum atomic E-state index is 0.930. The fourth-order valence-corrected chi connectivity index (χ4v) is 13.7. The Hall–Kier alpha value is 0. The second kappa shape index (κ2) is 75.1. The lowest BCUT2D eigenvalue weighted by Crippen LogP contribution is -2.02. The van der Waals surface area contributed by atoms with Crippen LogP contribution in [0.15, 0.2) is 0 Å². The second-order valence-corrected chi connectivity index (χ2v) is 28.1. The molecule has 0 saturated carbocycles. The zero-order valence-corrected chi connectivity index (χ0v) is 57.4. The molecule has 0 bridgehead atoms. The highest BCUT2D eigenvalue weighted by Gasteiger charge is 2.10. The number of rotatable bonds is 75. The Kier molecular flexibility index (Phi) is 75.1. The van der Waals surface area contributed by atoms with Gasteiger partial charge in [-0.15, -0.1) is 0 Å². The smallest absolute Gasteiger partial charge is 0.0386 e. The van der Waals surface area contributed by atoms with Gasteiger partial charge < -0.3 is 0 Å². The molecule has 0 aromatic rings. The molecule has 0 heterocycles. The summed E-state index contributed by atoms with van der Waals surface area (Å²) in [5.41, 5.74) is 0. The lowest BCUT2D eigenvalue weighted by molar-refractivity contribution is 0.376. The molecule has 0 aromatic heterocycles. The van der Waals surface area contributed by atoms with Crippen molar-refractivity contribution in [3.05, 3.63) is 6.42 Å². The third-order valence-electron chi connectivity index (χ3n) is 19.6. The summed E-state index contributed by atoms with van der Waals surface area (Å²) in [6.07, 6.45) is 111. The van der Waals surface area contributed by atoms with Crippen LogP contribution in [-0.4, -0.2) is 0 Å². The first-order chi connectivity index (χ1) is 39.7. The van der Waals surface area contributed by atoms with Gasteiger partial charge in [0.2, 0.25) is 0 Å². The van der Waals surface area contributed by atoms with Crippen molar-refractivity contribution in [1.82, 2.24) is 0 Å². The van der Waals surface area contributed by atoms with E-state index in [2.05, 4.69) is 34.1 Å². The van der Waals surface area contributed by atoms with E-state index in [0.29, 0.717) is 0 Å². The molecule has 80 heavy (non-hydrogen) atoms. The fraction of sp³-hybridized carbons (Fsp3) is 0.988. The van der Waals surface area contributed by atoms with Crippen LogP contribution in [0.1, 0.15) is 496 Å². The summed E-state index contributed by atoms with van der Waals surface area (Å²) in [7, 11) is 0. The Balaban J connectivity index is 4.06. The van der Waals surface area contributed by atoms with E-state index in [1.54, 1.807) is 0 Å². The van der Waals surface area contributed by atoms with Crippen LogP contribution in [0.25, 0.3) is 0 Å². The maximum Gasteiger partial charge on any atom is -0.0386 e. The van der Waals surface area contributed by atoms with Crippen LogP contribution >= 0.6 is 0 Å². The van der Waals surface area contributed by atoms with Crippen molar-refractivity contribution in [1.29, 1.82) is 0 Å². The van der Waals surface area contributed by atoms with E-state index in [4.69, 9.17) is 0 Å². The molecule has 0 aliphatic heterocycles. The predicted molar refractivity (Wildman–Crippen MR) is 371 cm³/mol. The van der Waals surface area contributed by atoms with Gasteiger partial charge in [-0.1, -0.05) is 490 Å². The molecule has 0 nitrogen and oxygen atoms in total. The molecule has 2 atom stereocenters. The van der Waals surface area contributed by atoms with Gasteiger partial charge in [0.25, 0.3) is 0 Å². The zero-order valence-electron chi connectivity index (χ0n) is 57.4. The molecule has 0 rings (SSSR count). The Bertz CT molecular complexity index is 1010. The highest BCUT2D eigenvalue weighted by molar-refractivity contribution is 4.71. The van der Waals surface area contributed by atoms with Crippen molar-refractivity contribution in [2.45, 2.75) is 496 Å². The molecule has 0 aliphatic rings. The quantitative estimate of drug-likeness (QED) is 0.0533. The molecule has 0 saturated heterocycles. The number of hydrogen-bond acceptors (Lipinski definition) is 0. The van der Waals surface area contributed by atoms with Gasteiger partial charge in [-0.2, -0.15) is 0 Å². The molecule has 0 N–H and O–H groups in total. The summed E-state index contributed by atoms with van der Waals surface area (Å²) >= 11 is 0. The van der Waals surface area contributed by atoms with Gasteiger partial charge in [-0.3, -0.25) is 0 Å². The van der Waals surface area contributed by atoms with Gasteiger partial charge in [0, 0.05) is 0 Å². The third kappa shape index (κ3) is 72.3. The lowest BCUT2D eigenvalue weighted by atomic mass is 9.89. The molecule has 0 fully saturated rings. The van der Waals surface area contributed by atoms with E-state index in [9.17, 15) is 0 Å². The van der Waals surface area contributed by atoms with Gasteiger partial charge >= 0.3 is 0 Å². The van der Waals surface area contributed by atoms with E-state index in [0.717, 1.165) is 11.8 Å². The first-order valence-electron chi connectivity index (χ1n) is 39.6. The van der Waals surface area contributed by atoms with Crippen LogP contribution in [0.2, 0.25) is 0 Å². The van der Waals surface area contributed by atoms with Crippen LogP contribution in [0.3, 0.4) is 0 Å². The van der Waals surface area contributed by atoms with Crippen LogP contribution in [-0.2, 0) is 0 Å². The van der Waals surface area contributed by atoms with Crippen LogP contribution in [0.4, 0.5) is 0 Å². The number of unbranched alkanes of at least 4 members (excludes halogenated alkanes) is 65. The van der Waals surface area contributed by atoms with Gasteiger partial charge in [0.15, 0.2) is 0 Å². The molecular formula is C80H161. The topological polar surface area (TPSA) is 0 Å². The first kappa shape index (κ1) is 80.0. The summed E-state index contributed by atoms with van der Waals surface area (Å²) in [5, 5.41) is 0. The Morgan fingerprint density at radius 2 is 0.325 bits per heavy atom. The highest BCUT2D eigenvalue weighted by atomic mass is 14.2. The van der Waals surface area contributed by atoms with Crippen LogP contribution < -0.4 is 0 Å². The van der Waals surface area contributed by atoms with Crippen molar-refractivity contribution >= 4 is 0 Å². The average Bonchev–Trinajstić information content (AvgIpc) is 3.46. The summed E-state index contributed by atoms with van der Waals surface area (Å²) in [6, 6.07) is 0. The average molecular weight is 1120 g/mol. The van der Waals surface area contributed by atoms with Crippen molar-refractivity contribution in [3.8, 4) is 0 Å². The number of hydrogen-bond donors (Lipinski definition) is 0. The standard InChI is InChI=1S/C80H161/c1-5-8-11-14-17-20-23-26-29-32-35-37-39-40-41-43-45-48-51-54-57-60-63-66-72-77-80(76-71-65-62-59-56-53-50-47-44-42-38-36-33-30-27-24-21-18-15-12-9-6-2)78-73-68-67-70-75-79(4)74-69-64-61-58-55-52-49-46-34-31-28-25-22-19-16-13-10-7-3/h68,79-80H,5-67,69-78H2,1-4H3. The van der Waals surface area contributed by atoms with Crippen molar-refractivity contribution in [2.24, 2.45) is 11.8 Å². The molecule has 0 aromatic carbocycles. The van der Waals surface area contributed by atoms with E-state index in [1.165, 1.54) is 469 Å². The second-order valence-electron chi connectivity index (χ2n) is 28.1. The summed E-state index contributed by atoms with van der Waals surface area (Å²) in [6.45, 7) is 9.51. The summed E-state index contributed by atoms with van der Waals surface area (Å²) in [5.74, 6) is 1.92. The maximum absolute atomic E-state index is 2.72. The largest absolute Gasteiger partial charge is 0.0654 e. The Morgan fingerprint density at radius 3 is 0.525 bits per heavy atom. The first-order valence-corrected chi connectivity index (χ1v) is 39.6. The fourth-order valence-electron chi connectivity index (χ4n) is 13.7. The van der Waals surface area contributed by atoms with Gasteiger partial charge in [-0.25, -0.2) is 0 Å². The molecule has 1 radical (unpaired) electrons. The minimum absolute atomic E-state index is 0.930. The monoisotopic (exact) mass is 1120 g/mol. The third-order valence-corrected chi connectivity index (χ3v) is 19.6. The maximum atomic E-state index is 2.72. The van der Waals surface area contributed by atoms with E-state index in [1.807, 2.05) is 0 Å². The predicted octanol–water partition coefficient (Wildman–Crippen LogP) is 31.0. The molecule has 0 spiro atoms. The van der Waals surface area contributed by atoms with Crippen LogP contribution in [0, 0.1) is 18.3 Å². The highest BCUT2D eigenvalue weighted by Crippen LogP contribution is 2.27. The SMILES string of the molecule is CCCCCCCCCCCCCCCCCCCCCCCCCCCC(CC[CH]CCCC(C)CCCCCCCCCCCCCCCCCCCC)CCCCCCCCCCCCCCCCCCCCCCCC. The van der Waals surface area contributed by atoms with Gasteiger partial charge in [0.05, 0.1) is 0 Å². The van der Waals surface area contributed by atoms with Crippen molar-refractivity contribution in [2.75, 3.05) is 0 Å². The molecular weight excluding hydrogens is 961 g/mol. The molecule has 0 amide bonds.